The highest BCUT2D eigenvalue weighted by atomic mass is 16.5. The molecule has 0 aliphatic heterocycles. The number of likely N-dealkylation sites (N-methyl/N-ethyl adjacent to an activating group) is 1. The van der Waals surface area contributed by atoms with Crippen LogP contribution < -0.4 is 5.32 Å². The Morgan fingerprint density at radius 1 is 0.912 bits per heavy atom. The Kier molecular flexibility index (Phi) is 6.92. The van der Waals surface area contributed by atoms with Gasteiger partial charge in [-0.25, -0.2) is 4.79 Å². The van der Waals surface area contributed by atoms with Gasteiger partial charge in [0.05, 0.1) is 0 Å². The summed E-state index contributed by atoms with van der Waals surface area (Å²) >= 11 is 0. The zero-order valence-electron chi connectivity index (χ0n) is 18.9. The van der Waals surface area contributed by atoms with Crippen LogP contribution in [-0.2, 0) is 16.0 Å². The smallest absolute Gasteiger partial charge is 0.407 e. The van der Waals surface area contributed by atoms with Crippen molar-refractivity contribution >= 4 is 18.0 Å². The minimum absolute atomic E-state index is 0.0127. The number of nitrogens with one attached hydrogen (secondary N) is 1. The SMILES string of the molecule is CN(CC(=O)O)C(=O)c1ccccc1CCNC(=O)OCC1c2ccccc2-c2ccccc21. The number of aliphatic carboxylic acids is 1. The summed E-state index contributed by atoms with van der Waals surface area (Å²) in [6.07, 6.45) is -0.110. The molecule has 3 aromatic rings. The Hall–Kier alpha value is -4.13. The molecule has 3 aromatic carbocycles. The molecule has 7 heteroatoms. The molecule has 0 heterocycles. The van der Waals surface area contributed by atoms with Crippen LogP contribution in [0.5, 0.6) is 0 Å². The number of nitrogens with zero attached hydrogens (tertiary/aromatic N) is 1. The minimum Gasteiger partial charge on any atom is -0.480 e. The summed E-state index contributed by atoms with van der Waals surface area (Å²) in [6.45, 7) is 0.129. The first-order valence-electron chi connectivity index (χ1n) is 11.1. The van der Waals surface area contributed by atoms with E-state index in [1.54, 1.807) is 24.3 Å². The van der Waals surface area contributed by atoms with Gasteiger partial charge in [-0.05, 0) is 40.3 Å². The molecule has 0 saturated carbocycles. The largest absolute Gasteiger partial charge is 0.480 e. The zero-order chi connectivity index (χ0) is 24.1. The van der Waals surface area contributed by atoms with Crippen molar-refractivity contribution in [2.24, 2.45) is 0 Å². The van der Waals surface area contributed by atoms with Crippen LogP contribution in [-0.4, -0.2) is 54.7 Å². The fraction of sp³-hybridized carbons (Fsp3) is 0.222. The number of fused-ring (bicyclic) bond motifs is 3. The molecule has 0 radical (unpaired) electrons. The van der Waals surface area contributed by atoms with Crippen molar-refractivity contribution in [1.29, 1.82) is 0 Å². The van der Waals surface area contributed by atoms with Gasteiger partial charge in [0.25, 0.3) is 5.91 Å². The highest BCUT2D eigenvalue weighted by Crippen LogP contribution is 2.44. The van der Waals surface area contributed by atoms with Crippen LogP contribution >= 0.6 is 0 Å². The van der Waals surface area contributed by atoms with Gasteiger partial charge in [-0.15, -0.1) is 0 Å². The molecule has 2 N–H and O–H groups in total. The lowest BCUT2D eigenvalue weighted by molar-refractivity contribution is -0.137. The molecular formula is C27H26N2O5. The Balaban J connectivity index is 1.33. The van der Waals surface area contributed by atoms with Gasteiger partial charge in [0, 0.05) is 25.1 Å². The summed E-state index contributed by atoms with van der Waals surface area (Å²) in [5, 5.41) is 11.7. The van der Waals surface area contributed by atoms with Crippen LogP contribution in [0.25, 0.3) is 11.1 Å². The number of rotatable bonds is 8. The Morgan fingerprint density at radius 3 is 2.15 bits per heavy atom. The third-order valence-corrected chi connectivity index (χ3v) is 5.97. The van der Waals surface area contributed by atoms with Crippen LogP contribution in [0.1, 0.15) is 33.0 Å². The minimum atomic E-state index is -1.08. The second-order valence-corrected chi connectivity index (χ2v) is 8.21. The van der Waals surface area contributed by atoms with E-state index in [1.807, 2.05) is 24.3 Å². The molecule has 2 amide bonds. The molecular weight excluding hydrogens is 432 g/mol. The number of alkyl carbamates (subject to hydrolysis) is 1. The average Bonchev–Trinajstić information content (AvgIpc) is 3.16. The standard InChI is InChI=1S/C27H26N2O5/c1-29(16-25(30)31)26(32)19-9-3-2-8-18(19)14-15-28-27(33)34-17-24-22-12-6-4-10-20(22)21-11-5-7-13-23(21)24/h2-13,24H,14-17H2,1H3,(H,28,33)(H,30,31). The van der Waals surface area contributed by atoms with Crippen molar-refractivity contribution in [3.8, 4) is 11.1 Å². The van der Waals surface area contributed by atoms with Gasteiger partial charge in [0.1, 0.15) is 13.2 Å². The molecule has 0 bridgehead atoms. The molecule has 0 aromatic heterocycles. The van der Waals surface area contributed by atoms with E-state index in [9.17, 15) is 14.4 Å². The van der Waals surface area contributed by atoms with E-state index in [0.717, 1.165) is 21.6 Å². The van der Waals surface area contributed by atoms with E-state index >= 15 is 0 Å². The number of carbonyl (C=O) groups is 3. The first-order chi connectivity index (χ1) is 16.5. The van der Waals surface area contributed by atoms with E-state index in [0.29, 0.717) is 12.0 Å². The third kappa shape index (κ3) is 4.93. The van der Waals surface area contributed by atoms with Crippen molar-refractivity contribution in [3.63, 3.8) is 0 Å². The molecule has 0 saturated heterocycles. The van der Waals surface area contributed by atoms with E-state index in [2.05, 4.69) is 29.6 Å². The van der Waals surface area contributed by atoms with Gasteiger partial charge in [-0.2, -0.15) is 0 Å². The highest BCUT2D eigenvalue weighted by Gasteiger charge is 2.29. The average molecular weight is 459 g/mol. The molecule has 0 unspecified atom stereocenters. The number of carboxylic acid groups (broad SMARTS) is 1. The fourth-order valence-electron chi connectivity index (χ4n) is 4.38. The first kappa shape index (κ1) is 23.0. The van der Waals surface area contributed by atoms with Crippen LogP contribution in [0.2, 0.25) is 0 Å². The molecule has 1 aliphatic carbocycles. The lowest BCUT2D eigenvalue weighted by atomic mass is 9.98. The molecule has 4 rings (SSSR count). The summed E-state index contributed by atoms with van der Waals surface area (Å²) in [7, 11) is 1.45. The van der Waals surface area contributed by atoms with Gasteiger partial charge >= 0.3 is 12.1 Å². The number of carbonyl (C=O) groups excluding carboxylic acids is 2. The topological polar surface area (TPSA) is 95.9 Å². The van der Waals surface area contributed by atoms with Crippen molar-refractivity contribution in [2.45, 2.75) is 12.3 Å². The number of hydrogen-bond donors (Lipinski definition) is 2. The fourth-order valence-corrected chi connectivity index (χ4v) is 4.38. The van der Waals surface area contributed by atoms with Crippen molar-refractivity contribution in [1.82, 2.24) is 10.2 Å². The molecule has 0 atom stereocenters. The summed E-state index contributed by atoms with van der Waals surface area (Å²) in [4.78, 5) is 37.1. The molecule has 7 nitrogen and oxygen atoms in total. The summed E-state index contributed by atoms with van der Waals surface area (Å²) in [5.74, 6) is -1.47. The Bertz CT molecular complexity index is 1180. The first-order valence-corrected chi connectivity index (χ1v) is 11.1. The summed E-state index contributed by atoms with van der Waals surface area (Å²) in [5.41, 5.74) is 5.77. The quantitative estimate of drug-likeness (QED) is 0.533. The van der Waals surface area contributed by atoms with Gasteiger partial charge < -0.3 is 20.1 Å². The van der Waals surface area contributed by atoms with Crippen LogP contribution in [0.15, 0.2) is 72.8 Å². The molecule has 1 aliphatic rings. The van der Waals surface area contributed by atoms with Crippen molar-refractivity contribution in [3.05, 3.63) is 95.1 Å². The molecule has 34 heavy (non-hydrogen) atoms. The summed E-state index contributed by atoms with van der Waals surface area (Å²) in [6, 6.07) is 23.3. The van der Waals surface area contributed by atoms with Gasteiger partial charge in [0.2, 0.25) is 0 Å². The molecule has 0 fully saturated rings. The number of hydrogen-bond acceptors (Lipinski definition) is 4. The number of amides is 2. The zero-order valence-corrected chi connectivity index (χ0v) is 18.9. The van der Waals surface area contributed by atoms with Gasteiger partial charge in [-0.3, -0.25) is 9.59 Å². The van der Waals surface area contributed by atoms with Crippen LogP contribution in [0.4, 0.5) is 4.79 Å². The normalized spacial score (nSPS) is 11.9. The Morgan fingerprint density at radius 2 is 1.50 bits per heavy atom. The maximum Gasteiger partial charge on any atom is 0.407 e. The van der Waals surface area contributed by atoms with Crippen LogP contribution in [0.3, 0.4) is 0 Å². The van der Waals surface area contributed by atoms with Crippen molar-refractivity contribution in [2.75, 3.05) is 26.7 Å². The lowest BCUT2D eigenvalue weighted by Gasteiger charge is -2.17. The lowest BCUT2D eigenvalue weighted by Crippen LogP contribution is -2.33. The number of ether oxygens (including phenoxy) is 1. The van der Waals surface area contributed by atoms with Crippen LogP contribution in [0, 0.1) is 0 Å². The van der Waals surface area contributed by atoms with E-state index in [-0.39, 0.29) is 31.5 Å². The highest BCUT2D eigenvalue weighted by molar-refractivity contribution is 5.97. The predicted octanol–water partition coefficient (Wildman–Crippen LogP) is 3.92. The van der Waals surface area contributed by atoms with E-state index < -0.39 is 12.1 Å². The van der Waals surface area contributed by atoms with E-state index in [1.165, 1.54) is 18.2 Å². The second kappa shape index (κ2) is 10.2. The number of benzene rings is 3. The monoisotopic (exact) mass is 458 g/mol. The third-order valence-electron chi connectivity index (χ3n) is 5.97. The molecule has 0 spiro atoms. The van der Waals surface area contributed by atoms with Gasteiger partial charge in [0.15, 0.2) is 0 Å². The van der Waals surface area contributed by atoms with Gasteiger partial charge in [-0.1, -0.05) is 66.7 Å². The predicted molar refractivity (Wildman–Crippen MR) is 128 cm³/mol. The second-order valence-electron chi connectivity index (χ2n) is 8.21. The number of carboxylic acids is 1. The van der Waals surface area contributed by atoms with Crippen molar-refractivity contribution < 1.29 is 24.2 Å². The maximum atomic E-state index is 12.6. The Labute approximate surface area is 198 Å². The maximum absolute atomic E-state index is 12.6. The summed E-state index contributed by atoms with van der Waals surface area (Å²) < 4.78 is 5.55. The molecule has 174 valence electrons. The van der Waals surface area contributed by atoms with E-state index in [4.69, 9.17) is 9.84 Å².